The number of sulfonamides is 1. The molecule has 0 fully saturated rings. The Morgan fingerprint density at radius 3 is 2.29 bits per heavy atom. The number of ether oxygens (including phenoxy) is 1. The molecule has 0 heterocycles. The average molecular weight is 524 g/mol. The molecule has 0 aliphatic carbocycles. The molecule has 0 radical (unpaired) electrons. The van der Waals surface area contributed by atoms with Crippen molar-refractivity contribution >= 4 is 39.1 Å². The van der Waals surface area contributed by atoms with Crippen molar-refractivity contribution in [3.05, 3.63) is 59.1 Å². The van der Waals surface area contributed by atoms with Gasteiger partial charge in [-0.3, -0.25) is 13.9 Å². The molecule has 2 rings (SSSR count). The Balaban J connectivity index is 2.40. The summed E-state index contributed by atoms with van der Waals surface area (Å²) < 4.78 is 31.4. The fourth-order valence-electron chi connectivity index (χ4n) is 3.60. The molecule has 0 aliphatic heterocycles. The third-order valence-corrected chi connectivity index (χ3v) is 7.06. The van der Waals surface area contributed by atoms with E-state index in [2.05, 4.69) is 5.32 Å². The maximum absolute atomic E-state index is 13.6. The number of nitrogens with one attached hydrogen (secondary N) is 1. The molecule has 0 saturated heterocycles. The molecule has 8 nitrogen and oxygen atoms in total. The van der Waals surface area contributed by atoms with Gasteiger partial charge in [0.15, 0.2) is 0 Å². The number of methoxy groups -OCH3 is 1. The van der Waals surface area contributed by atoms with Crippen LogP contribution in [0.25, 0.3) is 0 Å². The molecule has 35 heavy (non-hydrogen) atoms. The van der Waals surface area contributed by atoms with Crippen LogP contribution in [0, 0.1) is 0 Å². The molecule has 1 N–H and O–H groups in total. The summed E-state index contributed by atoms with van der Waals surface area (Å²) in [5.41, 5.74) is 0.984. The normalized spacial score (nSPS) is 12.0. The highest BCUT2D eigenvalue weighted by Crippen LogP contribution is 2.24. The first-order valence-electron chi connectivity index (χ1n) is 11.5. The van der Waals surface area contributed by atoms with Gasteiger partial charge in [0.05, 0.1) is 19.1 Å². The van der Waals surface area contributed by atoms with E-state index in [1.54, 1.807) is 48.5 Å². The van der Waals surface area contributed by atoms with E-state index in [0.717, 1.165) is 23.4 Å². The van der Waals surface area contributed by atoms with Gasteiger partial charge in [-0.25, -0.2) is 8.42 Å². The van der Waals surface area contributed by atoms with Crippen LogP contribution >= 0.6 is 11.6 Å². The molecule has 2 aromatic carbocycles. The number of halogens is 1. The van der Waals surface area contributed by atoms with Crippen LogP contribution in [-0.4, -0.2) is 57.6 Å². The van der Waals surface area contributed by atoms with Crippen LogP contribution in [0.2, 0.25) is 5.02 Å². The van der Waals surface area contributed by atoms with Crippen LogP contribution in [0.1, 0.15) is 38.7 Å². The molecule has 0 aliphatic rings. The number of hydrogen-bond acceptors (Lipinski definition) is 5. The molecule has 0 aromatic heterocycles. The molecule has 192 valence electrons. The van der Waals surface area contributed by atoms with Crippen LogP contribution in [0.5, 0.6) is 5.75 Å². The van der Waals surface area contributed by atoms with E-state index in [9.17, 15) is 18.0 Å². The number of amides is 2. The number of anilines is 1. The van der Waals surface area contributed by atoms with Crippen molar-refractivity contribution in [2.75, 3.05) is 30.8 Å². The van der Waals surface area contributed by atoms with Gasteiger partial charge >= 0.3 is 0 Å². The summed E-state index contributed by atoms with van der Waals surface area (Å²) in [4.78, 5) is 28.0. The highest BCUT2D eigenvalue weighted by Gasteiger charge is 2.32. The lowest BCUT2D eigenvalue weighted by atomic mass is 10.1. The van der Waals surface area contributed by atoms with E-state index in [1.165, 1.54) is 12.0 Å². The van der Waals surface area contributed by atoms with E-state index in [4.69, 9.17) is 16.3 Å². The quantitative estimate of drug-likeness (QED) is 0.402. The second kappa shape index (κ2) is 13.3. The Morgan fingerprint density at radius 1 is 1.09 bits per heavy atom. The number of benzene rings is 2. The van der Waals surface area contributed by atoms with Crippen LogP contribution < -0.4 is 14.4 Å². The van der Waals surface area contributed by atoms with Gasteiger partial charge in [-0.1, -0.05) is 50.1 Å². The van der Waals surface area contributed by atoms with Gasteiger partial charge < -0.3 is 15.0 Å². The predicted molar refractivity (Wildman–Crippen MR) is 139 cm³/mol. The van der Waals surface area contributed by atoms with Gasteiger partial charge in [-0.05, 0) is 48.7 Å². The maximum atomic E-state index is 13.6. The highest BCUT2D eigenvalue weighted by molar-refractivity contribution is 7.92. The SMILES string of the molecule is CCCCNC(=O)C(CC)N(Cc1ccccc1Cl)C(=O)CN(c1ccc(OC)cc1)S(C)(=O)=O. The number of unbranched alkanes of at least 4 members (excludes halogenated alkanes) is 1. The van der Waals surface area contributed by atoms with E-state index in [-0.39, 0.29) is 12.5 Å². The molecule has 2 amide bonds. The summed E-state index contributed by atoms with van der Waals surface area (Å²) in [6.07, 6.45) is 3.14. The van der Waals surface area contributed by atoms with Gasteiger partial charge in [0.1, 0.15) is 18.3 Å². The molecule has 10 heteroatoms. The van der Waals surface area contributed by atoms with Gasteiger partial charge in [-0.2, -0.15) is 0 Å². The topological polar surface area (TPSA) is 96.0 Å². The highest BCUT2D eigenvalue weighted by atomic mass is 35.5. The van der Waals surface area contributed by atoms with Crippen molar-refractivity contribution < 1.29 is 22.7 Å². The number of carbonyl (C=O) groups excluding carboxylic acids is 2. The van der Waals surface area contributed by atoms with Crippen molar-refractivity contribution in [1.82, 2.24) is 10.2 Å². The zero-order chi connectivity index (χ0) is 26.0. The van der Waals surface area contributed by atoms with Crippen LogP contribution in [0.15, 0.2) is 48.5 Å². The van der Waals surface area contributed by atoms with Crippen molar-refractivity contribution in [1.29, 1.82) is 0 Å². The Kier molecular flexibility index (Phi) is 10.9. The third kappa shape index (κ3) is 8.14. The molecule has 0 bridgehead atoms. The largest absolute Gasteiger partial charge is 0.497 e. The fraction of sp³-hybridized carbons (Fsp3) is 0.440. The van der Waals surface area contributed by atoms with E-state index < -0.39 is 28.5 Å². The lowest BCUT2D eigenvalue weighted by molar-refractivity contribution is -0.140. The molecule has 1 atom stereocenters. The number of nitrogens with zero attached hydrogens (tertiary/aromatic N) is 2. The van der Waals surface area contributed by atoms with Crippen molar-refractivity contribution in [2.45, 2.75) is 45.7 Å². The van der Waals surface area contributed by atoms with E-state index >= 15 is 0 Å². The maximum Gasteiger partial charge on any atom is 0.244 e. The first kappa shape index (κ1) is 28.5. The van der Waals surface area contributed by atoms with Gasteiger partial charge in [0.2, 0.25) is 21.8 Å². The van der Waals surface area contributed by atoms with Crippen molar-refractivity contribution in [3.8, 4) is 5.75 Å². The van der Waals surface area contributed by atoms with Crippen LogP contribution in [0.4, 0.5) is 5.69 Å². The van der Waals surface area contributed by atoms with Gasteiger partial charge in [0.25, 0.3) is 0 Å². The molecule has 0 spiro atoms. The number of hydrogen-bond donors (Lipinski definition) is 1. The van der Waals surface area contributed by atoms with Crippen LogP contribution in [-0.2, 0) is 26.2 Å². The number of carbonyl (C=O) groups is 2. The first-order chi connectivity index (χ1) is 16.6. The summed E-state index contributed by atoms with van der Waals surface area (Å²) >= 11 is 6.35. The molecule has 0 saturated carbocycles. The average Bonchev–Trinajstić information content (AvgIpc) is 2.83. The number of rotatable bonds is 13. The summed E-state index contributed by atoms with van der Waals surface area (Å²) in [5, 5.41) is 3.35. The minimum atomic E-state index is -3.80. The van der Waals surface area contributed by atoms with Gasteiger partial charge in [-0.15, -0.1) is 0 Å². The van der Waals surface area contributed by atoms with Gasteiger partial charge in [0, 0.05) is 18.1 Å². The molecular weight excluding hydrogens is 490 g/mol. The fourth-order valence-corrected chi connectivity index (χ4v) is 4.64. The van der Waals surface area contributed by atoms with E-state index in [0.29, 0.717) is 35.0 Å². The summed E-state index contributed by atoms with van der Waals surface area (Å²) in [6, 6.07) is 12.7. The molecule has 2 aromatic rings. The lowest BCUT2D eigenvalue weighted by Gasteiger charge is -2.33. The smallest absolute Gasteiger partial charge is 0.244 e. The zero-order valence-corrected chi connectivity index (χ0v) is 22.2. The second-order valence-electron chi connectivity index (χ2n) is 8.15. The summed E-state index contributed by atoms with van der Waals surface area (Å²) in [7, 11) is -2.29. The Labute approximate surface area is 213 Å². The minimum absolute atomic E-state index is 0.0679. The standard InChI is InChI=1S/C25H34ClN3O5S/c1-5-7-16-27-25(31)23(6-2)28(17-19-10-8-9-11-22(19)26)24(30)18-29(35(4,32)33)20-12-14-21(34-3)15-13-20/h8-15,23H,5-7,16-18H2,1-4H3,(H,27,31). The third-order valence-electron chi connectivity index (χ3n) is 5.55. The van der Waals surface area contributed by atoms with E-state index in [1.807, 2.05) is 13.8 Å². The second-order valence-corrected chi connectivity index (χ2v) is 10.5. The zero-order valence-electron chi connectivity index (χ0n) is 20.7. The van der Waals surface area contributed by atoms with Crippen molar-refractivity contribution in [2.24, 2.45) is 0 Å². The summed E-state index contributed by atoms with van der Waals surface area (Å²) in [5.74, 6) is -0.232. The molecular formula is C25H34ClN3O5S. The van der Waals surface area contributed by atoms with Crippen LogP contribution in [0.3, 0.4) is 0 Å². The Hall–Kier alpha value is -2.78. The Bertz CT molecular complexity index is 1090. The first-order valence-corrected chi connectivity index (χ1v) is 13.8. The predicted octanol–water partition coefficient (Wildman–Crippen LogP) is 3.84. The van der Waals surface area contributed by atoms with Crippen molar-refractivity contribution in [3.63, 3.8) is 0 Å². The Morgan fingerprint density at radius 2 is 1.74 bits per heavy atom. The minimum Gasteiger partial charge on any atom is -0.497 e. The summed E-state index contributed by atoms with van der Waals surface area (Å²) in [6.45, 7) is 3.94. The molecule has 1 unspecified atom stereocenters. The monoisotopic (exact) mass is 523 g/mol. The lowest BCUT2D eigenvalue weighted by Crippen LogP contribution is -2.52.